The molecule has 4 heteroatoms. The fraction of sp³-hybridized carbons (Fsp3) is 0.278. The zero-order valence-corrected chi connectivity index (χ0v) is 12.5. The van der Waals surface area contributed by atoms with Gasteiger partial charge in [0, 0.05) is 23.3 Å². The Morgan fingerprint density at radius 1 is 1.05 bits per heavy atom. The maximum absolute atomic E-state index is 12.4. The highest BCUT2D eigenvalue weighted by atomic mass is 16.6. The largest absolute Gasteiger partial charge is 0.294 e. The summed E-state index contributed by atoms with van der Waals surface area (Å²) in [4.78, 5) is 23.5. The lowest BCUT2D eigenvalue weighted by molar-refractivity contribution is -0.527. The van der Waals surface area contributed by atoms with Crippen molar-refractivity contribution >= 4 is 5.78 Å². The molecular formula is C18H19NO3. The molecule has 2 aromatic rings. The van der Waals surface area contributed by atoms with Crippen molar-refractivity contribution in [3.05, 3.63) is 81.9 Å². The molecule has 0 fully saturated rings. The molecule has 0 radical (unpaired) electrons. The van der Waals surface area contributed by atoms with Crippen molar-refractivity contribution in [2.24, 2.45) is 0 Å². The van der Waals surface area contributed by atoms with E-state index in [0.717, 1.165) is 5.56 Å². The van der Waals surface area contributed by atoms with E-state index >= 15 is 0 Å². The van der Waals surface area contributed by atoms with E-state index < -0.39 is 12.0 Å². The zero-order chi connectivity index (χ0) is 15.9. The van der Waals surface area contributed by atoms with E-state index in [0.29, 0.717) is 12.0 Å². The number of nitro groups is 1. The van der Waals surface area contributed by atoms with Crippen LogP contribution in [0.4, 0.5) is 0 Å². The average Bonchev–Trinajstić information content (AvgIpc) is 2.55. The number of carbonyl (C=O) groups is 1. The molecule has 0 N–H and O–H groups in total. The molecule has 4 nitrogen and oxygen atoms in total. The summed E-state index contributed by atoms with van der Waals surface area (Å²) in [5.41, 5.74) is 1.44. The second-order valence-corrected chi connectivity index (χ2v) is 5.27. The van der Waals surface area contributed by atoms with Crippen LogP contribution in [0.3, 0.4) is 0 Å². The van der Waals surface area contributed by atoms with Crippen molar-refractivity contribution in [2.75, 3.05) is 0 Å². The summed E-state index contributed by atoms with van der Waals surface area (Å²) in [5.74, 6) is -0.469. The maximum Gasteiger partial charge on any atom is 0.220 e. The molecule has 2 atom stereocenters. The molecule has 0 aromatic heterocycles. The van der Waals surface area contributed by atoms with Gasteiger partial charge in [-0.2, -0.15) is 0 Å². The van der Waals surface area contributed by atoms with Crippen LogP contribution in [-0.4, -0.2) is 16.7 Å². The van der Waals surface area contributed by atoms with Crippen LogP contribution in [0.2, 0.25) is 0 Å². The van der Waals surface area contributed by atoms with Crippen LogP contribution in [0.15, 0.2) is 60.7 Å². The number of nitrogens with zero attached hydrogens (tertiary/aromatic N) is 1. The quantitative estimate of drug-likeness (QED) is 0.439. The Morgan fingerprint density at radius 3 is 2.09 bits per heavy atom. The first-order chi connectivity index (χ1) is 10.6. The van der Waals surface area contributed by atoms with Gasteiger partial charge in [-0.05, 0) is 5.56 Å². The first-order valence-electron chi connectivity index (χ1n) is 7.40. The Balaban J connectivity index is 2.29. The fourth-order valence-electron chi connectivity index (χ4n) is 2.70. The highest BCUT2D eigenvalue weighted by Crippen LogP contribution is 2.28. The molecule has 0 bridgehead atoms. The number of benzene rings is 2. The summed E-state index contributed by atoms with van der Waals surface area (Å²) in [6, 6.07) is 17.5. The molecule has 2 aromatic carbocycles. The molecule has 0 aliphatic carbocycles. The predicted octanol–water partition coefficient (Wildman–Crippen LogP) is 4.10. The van der Waals surface area contributed by atoms with Crippen molar-refractivity contribution in [2.45, 2.75) is 31.7 Å². The number of carbonyl (C=O) groups excluding carboxylic acids is 1. The third kappa shape index (κ3) is 3.79. The SMILES string of the molecule is CCC(C(CC(=O)c1ccccc1)c1ccccc1)[N+](=O)[O-]. The summed E-state index contributed by atoms with van der Waals surface area (Å²) in [6.07, 6.45) is 0.544. The van der Waals surface area contributed by atoms with Gasteiger partial charge < -0.3 is 0 Å². The van der Waals surface area contributed by atoms with Gasteiger partial charge in [-0.25, -0.2) is 0 Å². The van der Waals surface area contributed by atoms with Crippen molar-refractivity contribution in [3.63, 3.8) is 0 Å². The van der Waals surface area contributed by atoms with Gasteiger partial charge >= 0.3 is 0 Å². The summed E-state index contributed by atoms with van der Waals surface area (Å²) in [7, 11) is 0. The molecule has 0 aliphatic heterocycles. The molecule has 2 unspecified atom stereocenters. The molecule has 2 rings (SSSR count). The van der Waals surface area contributed by atoms with Gasteiger partial charge in [-0.15, -0.1) is 0 Å². The minimum Gasteiger partial charge on any atom is -0.294 e. The molecular weight excluding hydrogens is 278 g/mol. The van der Waals surface area contributed by atoms with Crippen molar-refractivity contribution in [3.8, 4) is 0 Å². The van der Waals surface area contributed by atoms with Crippen LogP contribution in [0.1, 0.15) is 41.6 Å². The third-order valence-electron chi connectivity index (χ3n) is 3.88. The normalized spacial score (nSPS) is 13.3. The average molecular weight is 297 g/mol. The highest BCUT2D eigenvalue weighted by molar-refractivity contribution is 5.96. The smallest absolute Gasteiger partial charge is 0.220 e. The molecule has 0 aliphatic rings. The topological polar surface area (TPSA) is 60.2 Å². The number of hydrogen-bond acceptors (Lipinski definition) is 3. The molecule has 0 spiro atoms. The monoisotopic (exact) mass is 297 g/mol. The third-order valence-corrected chi connectivity index (χ3v) is 3.88. The minimum atomic E-state index is -0.755. The Kier molecular flexibility index (Phi) is 5.42. The number of ketones is 1. The molecule has 0 amide bonds. The van der Waals surface area contributed by atoms with Crippen molar-refractivity contribution in [1.82, 2.24) is 0 Å². The van der Waals surface area contributed by atoms with Crippen LogP contribution >= 0.6 is 0 Å². The second kappa shape index (κ2) is 7.50. The van der Waals surface area contributed by atoms with E-state index in [1.807, 2.05) is 36.4 Å². The van der Waals surface area contributed by atoms with E-state index in [4.69, 9.17) is 0 Å². The zero-order valence-electron chi connectivity index (χ0n) is 12.5. The number of hydrogen-bond donors (Lipinski definition) is 0. The first kappa shape index (κ1) is 15.9. The van der Waals surface area contributed by atoms with Gasteiger partial charge in [0.15, 0.2) is 5.78 Å². The Bertz CT molecular complexity index is 625. The lowest BCUT2D eigenvalue weighted by atomic mass is 9.85. The van der Waals surface area contributed by atoms with Crippen LogP contribution < -0.4 is 0 Å². The molecule has 22 heavy (non-hydrogen) atoms. The molecule has 0 saturated carbocycles. The number of rotatable bonds is 7. The van der Waals surface area contributed by atoms with Crippen LogP contribution in [0, 0.1) is 10.1 Å². The molecule has 114 valence electrons. The number of Topliss-reactive ketones (excluding diaryl/α,β-unsaturated/α-hetero) is 1. The van der Waals surface area contributed by atoms with E-state index in [-0.39, 0.29) is 17.1 Å². The van der Waals surface area contributed by atoms with Gasteiger partial charge in [-0.1, -0.05) is 67.6 Å². The van der Waals surface area contributed by atoms with Crippen molar-refractivity contribution in [1.29, 1.82) is 0 Å². The van der Waals surface area contributed by atoms with Crippen LogP contribution in [0.5, 0.6) is 0 Å². The van der Waals surface area contributed by atoms with Gasteiger partial charge in [0.05, 0.1) is 5.92 Å². The fourth-order valence-corrected chi connectivity index (χ4v) is 2.70. The Hall–Kier alpha value is -2.49. The summed E-state index contributed by atoms with van der Waals surface area (Å²) >= 11 is 0. The highest BCUT2D eigenvalue weighted by Gasteiger charge is 2.32. The van der Waals surface area contributed by atoms with Crippen LogP contribution in [-0.2, 0) is 0 Å². The summed E-state index contributed by atoms with van der Waals surface area (Å²) in [6.45, 7) is 1.79. The second-order valence-electron chi connectivity index (χ2n) is 5.27. The van der Waals surface area contributed by atoms with Gasteiger partial charge in [-0.3, -0.25) is 14.9 Å². The van der Waals surface area contributed by atoms with Gasteiger partial charge in [0.25, 0.3) is 0 Å². The first-order valence-corrected chi connectivity index (χ1v) is 7.40. The lowest BCUT2D eigenvalue weighted by Gasteiger charge is -2.20. The van der Waals surface area contributed by atoms with Crippen LogP contribution in [0.25, 0.3) is 0 Å². The van der Waals surface area contributed by atoms with Gasteiger partial charge in [0.1, 0.15) is 0 Å². The maximum atomic E-state index is 12.4. The minimum absolute atomic E-state index is 0.0604. The summed E-state index contributed by atoms with van der Waals surface area (Å²) < 4.78 is 0. The van der Waals surface area contributed by atoms with E-state index in [1.54, 1.807) is 31.2 Å². The molecule has 0 saturated heterocycles. The van der Waals surface area contributed by atoms with Gasteiger partial charge in [0.2, 0.25) is 6.04 Å². The Morgan fingerprint density at radius 2 is 1.59 bits per heavy atom. The molecule has 0 heterocycles. The van der Waals surface area contributed by atoms with E-state index in [2.05, 4.69) is 0 Å². The van der Waals surface area contributed by atoms with E-state index in [9.17, 15) is 14.9 Å². The van der Waals surface area contributed by atoms with E-state index in [1.165, 1.54) is 0 Å². The predicted molar refractivity (Wildman–Crippen MR) is 85.6 cm³/mol. The standard InChI is InChI=1S/C18H19NO3/c1-2-17(19(21)22)16(14-9-5-3-6-10-14)13-18(20)15-11-7-4-8-12-15/h3-12,16-17H,2,13H2,1H3. The Labute approximate surface area is 129 Å². The summed E-state index contributed by atoms with van der Waals surface area (Å²) in [5, 5.41) is 11.4. The lowest BCUT2D eigenvalue weighted by Crippen LogP contribution is -2.28. The van der Waals surface area contributed by atoms with Crippen molar-refractivity contribution < 1.29 is 9.72 Å².